The molecule has 0 atom stereocenters. The second kappa shape index (κ2) is 3.80. The van der Waals surface area contributed by atoms with E-state index in [9.17, 15) is 4.79 Å². The van der Waals surface area contributed by atoms with Crippen LogP contribution >= 0.6 is 27.5 Å². The Bertz CT molecular complexity index is 413. The van der Waals surface area contributed by atoms with Crippen LogP contribution in [0.4, 0.5) is 0 Å². The molecule has 0 saturated heterocycles. The summed E-state index contributed by atoms with van der Waals surface area (Å²) in [6.07, 6.45) is 2.08. The fourth-order valence-electron chi connectivity index (χ4n) is 1.83. The van der Waals surface area contributed by atoms with Crippen molar-refractivity contribution in [3.63, 3.8) is 0 Å². The Morgan fingerprint density at radius 2 is 2.20 bits per heavy atom. The van der Waals surface area contributed by atoms with E-state index in [1.54, 1.807) is 0 Å². The van der Waals surface area contributed by atoms with E-state index in [0.717, 1.165) is 22.9 Å². The van der Waals surface area contributed by atoms with Crippen molar-refractivity contribution >= 4 is 33.5 Å². The Morgan fingerprint density at radius 3 is 2.67 bits per heavy atom. The topological polar surface area (TPSA) is 37.3 Å². The third kappa shape index (κ3) is 2.18. The van der Waals surface area contributed by atoms with E-state index in [1.807, 2.05) is 18.2 Å². The zero-order valence-corrected chi connectivity index (χ0v) is 10.3. The standard InChI is InChI=1S/C11H10BrClO2/c12-8-2-1-7(5-9(8)13)11(3-4-11)6-10(14)15/h1-2,5H,3-4,6H2,(H,14,15). The number of carboxylic acids is 1. The van der Waals surface area contributed by atoms with Crippen molar-refractivity contribution in [2.24, 2.45) is 0 Å². The van der Waals surface area contributed by atoms with Crippen LogP contribution in [-0.4, -0.2) is 11.1 Å². The highest BCUT2D eigenvalue weighted by molar-refractivity contribution is 9.10. The third-order valence-corrected chi connectivity index (χ3v) is 4.11. The number of carbonyl (C=O) groups is 1. The van der Waals surface area contributed by atoms with Crippen LogP contribution in [0.15, 0.2) is 22.7 Å². The number of benzene rings is 1. The molecule has 0 aliphatic heterocycles. The first-order chi connectivity index (χ1) is 7.03. The molecular formula is C11H10BrClO2. The molecule has 2 nitrogen and oxygen atoms in total. The molecule has 0 bridgehead atoms. The number of hydrogen-bond donors (Lipinski definition) is 1. The van der Waals surface area contributed by atoms with Gasteiger partial charge in [-0.3, -0.25) is 4.79 Å². The quantitative estimate of drug-likeness (QED) is 0.923. The molecule has 0 unspecified atom stereocenters. The number of rotatable bonds is 3. The van der Waals surface area contributed by atoms with Gasteiger partial charge in [0.1, 0.15) is 0 Å². The van der Waals surface area contributed by atoms with Gasteiger partial charge in [-0.25, -0.2) is 0 Å². The van der Waals surface area contributed by atoms with Crippen molar-refractivity contribution in [3.05, 3.63) is 33.3 Å². The molecule has 0 radical (unpaired) electrons. The van der Waals surface area contributed by atoms with Crippen molar-refractivity contribution in [1.29, 1.82) is 0 Å². The molecule has 1 aliphatic rings. The fraction of sp³-hybridized carbons (Fsp3) is 0.364. The molecule has 15 heavy (non-hydrogen) atoms. The second-order valence-corrected chi connectivity index (χ2v) is 5.24. The highest BCUT2D eigenvalue weighted by Gasteiger charge is 2.46. The molecule has 80 valence electrons. The van der Waals surface area contributed by atoms with E-state index in [4.69, 9.17) is 16.7 Å². The lowest BCUT2D eigenvalue weighted by molar-refractivity contribution is -0.137. The first kappa shape index (κ1) is 11.0. The lowest BCUT2D eigenvalue weighted by Crippen LogP contribution is -2.12. The average molecular weight is 290 g/mol. The van der Waals surface area contributed by atoms with E-state index in [-0.39, 0.29) is 11.8 Å². The maximum atomic E-state index is 10.7. The predicted octanol–water partition coefficient (Wildman–Crippen LogP) is 3.61. The van der Waals surface area contributed by atoms with Crippen molar-refractivity contribution in [2.45, 2.75) is 24.7 Å². The van der Waals surface area contributed by atoms with Crippen LogP contribution < -0.4 is 0 Å². The smallest absolute Gasteiger partial charge is 0.304 e. The number of hydrogen-bond acceptors (Lipinski definition) is 1. The van der Waals surface area contributed by atoms with Crippen LogP contribution in [-0.2, 0) is 10.2 Å². The predicted molar refractivity (Wildman–Crippen MR) is 62.3 cm³/mol. The monoisotopic (exact) mass is 288 g/mol. The summed E-state index contributed by atoms with van der Waals surface area (Å²) in [5, 5.41) is 9.47. The minimum absolute atomic E-state index is 0.157. The van der Waals surface area contributed by atoms with E-state index in [1.165, 1.54) is 0 Å². The molecule has 1 aromatic rings. The Morgan fingerprint density at radius 1 is 1.53 bits per heavy atom. The molecule has 2 rings (SSSR count). The van der Waals surface area contributed by atoms with Crippen LogP contribution in [0, 0.1) is 0 Å². The van der Waals surface area contributed by atoms with Gasteiger partial charge in [-0.2, -0.15) is 0 Å². The van der Waals surface area contributed by atoms with E-state index < -0.39 is 5.97 Å². The van der Waals surface area contributed by atoms with Gasteiger partial charge in [0.2, 0.25) is 0 Å². The Balaban J connectivity index is 2.29. The molecule has 1 N–H and O–H groups in total. The van der Waals surface area contributed by atoms with E-state index in [0.29, 0.717) is 5.02 Å². The Kier molecular flexibility index (Phi) is 2.77. The summed E-state index contributed by atoms with van der Waals surface area (Å²) < 4.78 is 0.846. The summed E-state index contributed by atoms with van der Waals surface area (Å²) in [6, 6.07) is 5.69. The molecule has 4 heteroatoms. The molecule has 0 spiro atoms. The number of halogens is 2. The van der Waals surface area contributed by atoms with Crippen molar-refractivity contribution < 1.29 is 9.90 Å². The summed E-state index contributed by atoms with van der Waals surface area (Å²) in [6.45, 7) is 0. The van der Waals surface area contributed by atoms with E-state index >= 15 is 0 Å². The molecule has 0 aromatic heterocycles. The molecular weight excluding hydrogens is 279 g/mol. The van der Waals surface area contributed by atoms with Crippen molar-refractivity contribution in [1.82, 2.24) is 0 Å². The summed E-state index contributed by atoms with van der Waals surface area (Å²) in [4.78, 5) is 10.7. The number of carboxylic acid groups (broad SMARTS) is 1. The fourth-order valence-corrected chi connectivity index (χ4v) is 2.26. The Hall–Kier alpha value is -0.540. The minimum atomic E-state index is -0.744. The lowest BCUT2D eigenvalue weighted by Gasteiger charge is -2.13. The molecule has 1 fully saturated rings. The summed E-state index contributed by atoms with van der Waals surface area (Å²) in [7, 11) is 0. The highest BCUT2D eigenvalue weighted by Crippen LogP contribution is 2.51. The zero-order chi connectivity index (χ0) is 11.1. The molecule has 0 amide bonds. The largest absolute Gasteiger partial charge is 0.481 e. The van der Waals surface area contributed by atoms with Gasteiger partial charge in [0, 0.05) is 9.89 Å². The van der Waals surface area contributed by atoms with Gasteiger partial charge in [0.05, 0.1) is 11.4 Å². The molecule has 1 aliphatic carbocycles. The van der Waals surface area contributed by atoms with Crippen LogP contribution in [0.3, 0.4) is 0 Å². The molecule has 0 heterocycles. The van der Waals surface area contributed by atoms with Crippen molar-refractivity contribution in [3.8, 4) is 0 Å². The van der Waals surface area contributed by atoms with Gasteiger partial charge < -0.3 is 5.11 Å². The van der Waals surface area contributed by atoms with Gasteiger partial charge in [-0.1, -0.05) is 17.7 Å². The zero-order valence-electron chi connectivity index (χ0n) is 7.96. The number of aliphatic carboxylic acids is 1. The first-order valence-corrected chi connectivity index (χ1v) is 5.88. The SMILES string of the molecule is O=C(O)CC1(c2ccc(Br)c(Cl)c2)CC1. The summed E-state index contributed by atoms with van der Waals surface area (Å²) in [5.74, 6) is -0.744. The highest BCUT2D eigenvalue weighted by atomic mass is 79.9. The summed E-state index contributed by atoms with van der Waals surface area (Å²) in [5.41, 5.74) is 0.883. The molecule has 1 saturated carbocycles. The first-order valence-electron chi connectivity index (χ1n) is 4.71. The van der Waals surface area contributed by atoms with Crippen LogP contribution in [0.2, 0.25) is 5.02 Å². The van der Waals surface area contributed by atoms with Crippen LogP contribution in [0.5, 0.6) is 0 Å². The normalized spacial score (nSPS) is 17.5. The maximum absolute atomic E-state index is 10.7. The second-order valence-electron chi connectivity index (χ2n) is 3.98. The lowest BCUT2D eigenvalue weighted by atomic mass is 9.93. The van der Waals surface area contributed by atoms with Crippen molar-refractivity contribution in [2.75, 3.05) is 0 Å². The van der Waals surface area contributed by atoms with Crippen LogP contribution in [0.1, 0.15) is 24.8 Å². The van der Waals surface area contributed by atoms with E-state index in [2.05, 4.69) is 15.9 Å². The average Bonchev–Trinajstić information content (AvgIpc) is 2.89. The van der Waals surface area contributed by atoms with Gasteiger partial charge in [-0.05, 0) is 46.5 Å². The third-order valence-electron chi connectivity index (χ3n) is 2.88. The van der Waals surface area contributed by atoms with Gasteiger partial charge in [0.15, 0.2) is 0 Å². The molecule has 1 aromatic carbocycles. The maximum Gasteiger partial charge on any atom is 0.304 e. The van der Waals surface area contributed by atoms with Gasteiger partial charge in [-0.15, -0.1) is 0 Å². The van der Waals surface area contributed by atoms with Crippen LogP contribution in [0.25, 0.3) is 0 Å². The summed E-state index contributed by atoms with van der Waals surface area (Å²) >= 11 is 9.31. The van der Waals surface area contributed by atoms with Gasteiger partial charge >= 0.3 is 5.97 Å². The van der Waals surface area contributed by atoms with Gasteiger partial charge in [0.25, 0.3) is 0 Å². The minimum Gasteiger partial charge on any atom is -0.481 e. The Labute approximate surface area is 101 Å².